The first-order valence-electron chi connectivity index (χ1n) is 8.68. The van der Waals surface area contributed by atoms with Crippen LogP contribution >= 0.6 is 0 Å². The quantitative estimate of drug-likeness (QED) is 0.496. The van der Waals surface area contributed by atoms with Gasteiger partial charge in [0.05, 0.1) is 18.9 Å². The van der Waals surface area contributed by atoms with Crippen LogP contribution < -0.4 is 0 Å². The second kappa shape index (κ2) is 8.14. The molecule has 1 rings (SSSR count). The predicted molar refractivity (Wildman–Crippen MR) is 98.2 cm³/mol. The third-order valence-electron chi connectivity index (χ3n) is 4.36. The lowest BCUT2D eigenvalue weighted by Crippen LogP contribution is -2.47. The van der Waals surface area contributed by atoms with Crippen molar-refractivity contribution in [3.8, 4) is 0 Å². The van der Waals surface area contributed by atoms with E-state index >= 15 is 0 Å². The average molecular weight is 407 g/mol. The zero-order chi connectivity index (χ0) is 21.3. The topological polar surface area (TPSA) is 110 Å². The Hall–Kier alpha value is -1.68. The first-order valence-corrected chi connectivity index (χ1v) is 10.3. The van der Waals surface area contributed by atoms with Crippen LogP contribution in [0.1, 0.15) is 34.6 Å². The molecule has 2 amide bonds. The molecule has 1 aliphatic heterocycles. The van der Waals surface area contributed by atoms with Gasteiger partial charge in [0.25, 0.3) is 0 Å². The van der Waals surface area contributed by atoms with Crippen molar-refractivity contribution >= 4 is 28.0 Å². The minimum Gasteiger partial charge on any atom is -0.468 e. The second-order valence-electron chi connectivity index (χ2n) is 8.15. The Balaban J connectivity index is 3.44. The molecule has 0 spiro atoms. The molecule has 27 heavy (non-hydrogen) atoms. The molecule has 1 heterocycles. The van der Waals surface area contributed by atoms with E-state index in [4.69, 9.17) is 9.47 Å². The molecule has 156 valence electrons. The molecule has 0 N–H and O–H groups in total. The molecule has 3 atom stereocenters. The smallest absolute Gasteiger partial charge is 0.417 e. The number of carbonyl (C=O) groups is 3. The molecule has 0 saturated carbocycles. The molecule has 9 nitrogen and oxygen atoms in total. The van der Waals surface area contributed by atoms with Crippen LogP contribution in [-0.2, 0) is 29.1 Å². The van der Waals surface area contributed by atoms with Gasteiger partial charge < -0.3 is 9.47 Å². The zero-order valence-corrected chi connectivity index (χ0v) is 18.0. The third-order valence-corrected chi connectivity index (χ3v) is 6.28. The summed E-state index contributed by atoms with van der Waals surface area (Å²) in [7, 11) is 0.123. The molecule has 0 aromatic carbocycles. The molecule has 0 radical (unpaired) electrons. The molecule has 10 heteroatoms. The Bertz CT molecular complexity index is 695. The molecule has 1 aliphatic rings. The third kappa shape index (κ3) is 5.19. The molecular weight excluding hydrogens is 376 g/mol. The van der Waals surface area contributed by atoms with Gasteiger partial charge in [-0.2, -0.15) is 0 Å². The van der Waals surface area contributed by atoms with Crippen molar-refractivity contribution in [2.24, 2.45) is 17.8 Å². The van der Waals surface area contributed by atoms with Crippen molar-refractivity contribution in [1.29, 1.82) is 0 Å². The van der Waals surface area contributed by atoms with E-state index in [1.165, 1.54) is 14.1 Å². The van der Waals surface area contributed by atoms with Gasteiger partial charge in [-0.05, 0) is 26.7 Å². The molecule has 1 fully saturated rings. The fourth-order valence-corrected chi connectivity index (χ4v) is 4.35. The standard InChI is InChI=1S/C17H30N2O7S/c1-10(2)13-11(9-27(23,24)18(6)7)12(15(21)25-8)14(20)19(13)16(22)26-17(3,4)5/h10-13H,9H2,1-8H3/t11-,12-,13-/m0/s1. The number of methoxy groups -OCH3 is 1. The summed E-state index contributed by atoms with van der Waals surface area (Å²) in [6.45, 7) is 8.47. The van der Waals surface area contributed by atoms with Crippen molar-refractivity contribution < 1.29 is 32.3 Å². The summed E-state index contributed by atoms with van der Waals surface area (Å²) in [5, 5.41) is 0. The van der Waals surface area contributed by atoms with Gasteiger partial charge in [-0.3, -0.25) is 9.59 Å². The van der Waals surface area contributed by atoms with Crippen LogP contribution in [0.15, 0.2) is 0 Å². The van der Waals surface area contributed by atoms with E-state index in [9.17, 15) is 22.8 Å². The summed E-state index contributed by atoms with van der Waals surface area (Å²) in [6, 6.07) is -0.814. The molecule has 0 unspecified atom stereocenters. The predicted octanol–water partition coefficient (Wildman–Crippen LogP) is 1.09. The maximum absolute atomic E-state index is 12.9. The van der Waals surface area contributed by atoms with Crippen LogP contribution in [0.5, 0.6) is 0 Å². The maximum atomic E-state index is 12.9. The van der Waals surface area contributed by atoms with E-state index in [0.29, 0.717) is 0 Å². The van der Waals surface area contributed by atoms with E-state index in [1.54, 1.807) is 34.6 Å². The normalized spacial score (nSPS) is 23.9. The number of ether oxygens (including phenoxy) is 2. The molecular formula is C17H30N2O7S. The van der Waals surface area contributed by atoms with Crippen molar-refractivity contribution in [3.63, 3.8) is 0 Å². The van der Waals surface area contributed by atoms with Crippen LogP contribution in [0.2, 0.25) is 0 Å². The van der Waals surface area contributed by atoms with E-state index in [2.05, 4.69) is 0 Å². The summed E-state index contributed by atoms with van der Waals surface area (Å²) in [5.74, 6) is -4.74. The van der Waals surface area contributed by atoms with E-state index < -0.39 is 57.2 Å². The van der Waals surface area contributed by atoms with E-state index in [-0.39, 0.29) is 5.92 Å². The summed E-state index contributed by atoms with van der Waals surface area (Å²) in [5.41, 5.74) is -0.854. The van der Waals surface area contributed by atoms with Crippen molar-refractivity contribution in [3.05, 3.63) is 0 Å². The van der Waals surface area contributed by atoms with Crippen LogP contribution in [0.4, 0.5) is 4.79 Å². The number of hydrogen-bond donors (Lipinski definition) is 0. The van der Waals surface area contributed by atoms with Gasteiger partial charge >= 0.3 is 12.1 Å². The Kier molecular flexibility index (Phi) is 7.04. The van der Waals surface area contributed by atoms with Gasteiger partial charge in [-0.15, -0.1) is 0 Å². The second-order valence-corrected chi connectivity index (χ2v) is 10.4. The monoisotopic (exact) mass is 406 g/mol. The van der Waals surface area contributed by atoms with Crippen LogP contribution in [0, 0.1) is 17.8 Å². The summed E-state index contributed by atoms with van der Waals surface area (Å²) >= 11 is 0. The van der Waals surface area contributed by atoms with Gasteiger partial charge in [0.15, 0.2) is 0 Å². The zero-order valence-electron chi connectivity index (χ0n) is 17.2. The number of esters is 1. The lowest BCUT2D eigenvalue weighted by molar-refractivity contribution is -0.151. The highest BCUT2D eigenvalue weighted by molar-refractivity contribution is 7.89. The number of nitrogens with zero attached hydrogens (tertiary/aromatic N) is 2. The number of rotatable bonds is 5. The lowest BCUT2D eigenvalue weighted by Gasteiger charge is -2.32. The van der Waals surface area contributed by atoms with Crippen molar-refractivity contribution in [2.45, 2.75) is 46.3 Å². The highest BCUT2D eigenvalue weighted by Gasteiger charge is 2.57. The maximum Gasteiger partial charge on any atom is 0.417 e. The molecule has 1 saturated heterocycles. The Morgan fingerprint density at radius 3 is 2.11 bits per heavy atom. The van der Waals surface area contributed by atoms with Gasteiger partial charge in [0, 0.05) is 20.0 Å². The Labute approximate surface area is 161 Å². The number of hydrogen-bond acceptors (Lipinski definition) is 7. The fourth-order valence-electron chi connectivity index (χ4n) is 3.17. The number of sulfonamides is 1. The number of imide groups is 1. The minimum atomic E-state index is -3.74. The first-order chi connectivity index (χ1) is 12.1. The average Bonchev–Trinajstić information content (AvgIpc) is 2.76. The molecule has 0 aliphatic carbocycles. The molecule has 0 bridgehead atoms. The van der Waals surface area contributed by atoms with Crippen LogP contribution in [-0.4, -0.2) is 74.2 Å². The van der Waals surface area contributed by atoms with Crippen molar-refractivity contribution in [2.75, 3.05) is 27.0 Å². The minimum absolute atomic E-state index is 0.293. The van der Waals surface area contributed by atoms with Crippen molar-refractivity contribution in [1.82, 2.24) is 9.21 Å². The number of carbonyl (C=O) groups excluding carboxylic acids is 3. The van der Waals surface area contributed by atoms with Gasteiger partial charge in [-0.1, -0.05) is 13.8 Å². The Morgan fingerprint density at radius 1 is 1.22 bits per heavy atom. The number of likely N-dealkylation sites (tertiary alicyclic amines) is 1. The highest BCUT2D eigenvalue weighted by Crippen LogP contribution is 2.38. The van der Waals surface area contributed by atoms with Gasteiger partial charge in [0.1, 0.15) is 11.5 Å². The van der Waals surface area contributed by atoms with Gasteiger partial charge in [-0.25, -0.2) is 22.4 Å². The first kappa shape index (κ1) is 23.4. The van der Waals surface area contributed by atoms with Crippen LogP contribution in [0.25, 0.3) is 0 Å². The molecule has 0 aromatic rings. The summed E-state index contributed by atoms with van der Waals surface area (Å²) in [4.78, 5) is 38.8. The molecule has 0 aromatic heterocycles. The SMILES string of the molecule is COC(=O)[C@@H]1C(=O)N(C(=O)OC(C)(C)C)[C@@H](C(C)C)[C@H]1CS(=O)(=O)N(C)C. The van der Waals surface area contributed by atoms with E-state index in [0.717, 1.165) is 16.3 Å². The largest absolute Gasteiger partial charge is 0.468 e. The highest BCUT2D eigenvalue weighted by atomic mass is 32.2. The lowest BCUT2D eigenvalue weighted by atomic mass is 9.86. The summed E-state index contributed by atoms with van der Waals surface area (Å²) < 4.78 is 36.0. The number of amides is 2. The van der Waals surface area contributed by atoms with Crippen LogP contribution in [0.3, 0.4) is 0 Å². The summed E-state index contributed by atoms with van der Waals surface area (Å²) in [6.07, 6.45) is -0.898. The van der Waals surface area contributed by atoms with E-state index in [1.807, 2.05) is 0 Å². The van der Waals surface area contributed by atoms with Gasteiger partial charge in [0.2, 0.25) is 15.9 Å². The Morgan fingerprint density at radius 2 is 1.74 bits per heavy atom. The fraction of sp³-hybridized carbons (Fsp3) is 0.824.